The van der Waals surface area contributed by atoms with E-state index in [1.807, 2.05) is 24.3 Å². The molecule has 0 saturated carbocycles. The van der Waals surface area contributed by atoms with Crippen LogP contribution in [0.15, 0.2) is 130 Å². The van der Waals surface area contributed by atoms with E-state index in [-0.39, 0.29) is 0 Å². The number of benzene rings is 6. The van der Waals surface area contributed by atoms with Crippen LogP contribution in [0.1, 0.15) is 11.1 Å². The standard InChI is InChI=1S/C38H24O3/c1-3-10-35-30(6-1)32-17-14-24(20-37(32)40-35)23-12-13-26-21-39-22-27-18-25(15-16-28(27)34(26)19-23)29-8-5-9-33-31-7-2-4-11-36(31)41-38(29)33/h1-20H,21-22H2. The summed E-state index contributed by atoms with van der Waals surface area (Å²) in [5, 5.41) is 4.58. The molecular weight excluding hydrogens is 504 g/mol. The van der Waals surface area contributed by atoms with Crippen molar-refractivity contribution in [3.05, 3.63) is 132 Å². The van der Waals surface area contributed by atoms with E-state index in [0.29, 0.717) is 13.2 Å². The van der Waals surface area contributed by atoms with Gasteiger partial charge in [0.1, 0.15) is 22.3 Å². The molecule has 41 heavy (non-hydrogen) atoms. The summed E-state index contributed by atoms with van der Waals surface area (Å²) in [6.45, 7) is 1.15. The van der Waals surface area contributed by atoms with Crippen molar-refractivity contribution in [2.45, 2.75) is 13.2 Å². The molecule has 2 aromatic heterocycles. The molecule has 194 valence electrons. The van der Waals surface area contributed by atoms with Gasteiger partial charge in [0, 0.05) is 27.1 Å². The number of hydrogen-bond acceptors (Lipinski definition) is 3. The molecule has 0 amide bonds. The fourth-order valence-electron chi connectivity index (χ4n) is 6.43. The normalized spacial score (nSPS) is 13.1. The largest absolute Gasteiger partial charge is 0.456 e. The van der Waals surface area contributed by atoms with E-state index in [4.69, 9.17) is 13.6 Å². The van der Waals surface area contributed by atoms with E-state index < -0.39 is 0 Å². The van der Waals surface area contributed by atoms with Crippen molar-refractivity contribution in [3.8, 4) is 33.4 Å². The lowest BCUT2D eigenvalue weighted by Crippen LogP contribution is -1.91. The first-order valence-electron chi connectivity index (χ1n) is 14.0. The summed E-state index contributed by atoms with van der Waals surface area (Å²) in [5.74, 6) is 0. The molecule has 3 nitrogen and oxygen atoms in total. The molecule has 1 aliphatic heterocycles. The van der Waals surface area contributed by atoms with Crippen LogP contribution in [0.25, 0.3) is 77.3 Å². The summed E-state index contributed by atoms with van der Waals surface area (Å²) >= 11 is 0. The smallest absolute Gasteiger partial charge is 0.143 e. The molecule has 0 atom stereocenters. The lowest BCUT2D eigenvalue weighted by Gasteiger charge is -2.13. The third kappa shape index (κ3) is 3.49. The molecule has 3 heteroatoms. The Labute approximate surface area is 236 Å². The third-order valence-electron chi connectivity index (χ3n) is 8.45. The zero-order chi connectivity index (χ0) is 26.9. The van der Waals surface area contributed by atoms with E-state index in [1.54, 1.807) is 0 Å². The second-order valence-electron chi connectivity index (χ2n) is 10.8. The van der Waals surface area contributed by atoms with E-state index in [0.717, 1.165) is 66.1 Å². The maximum Gasteiger partial charge on any atom is 0.143 e. The Morgan fingerprint density at radius 3 is 1.98 bits per heavy atom. The minimum atomic E-state index is 0.564. The number of hydrogen-bond donors (Lipinski definition) is 0. The van der Waals surface area contributed by atoms with Crippen LogP contribution in [-0.4, -0.2) is 0 Å². The lowest BCUT2D eigenvalue weighted by molar-refractivity contribution is 0.110. The fourth-order valence-corrected chi connectivity index (χ4v) is 6.43. The molecule has 0 bridgehead atoms. The molecular formula is C38H24O3. The van der Waals surface area contributed by atoms with Gasteiger partial charge in [-0.1, -0.05) is 84.9 Å². The van der Waals surface area contributed by atoms with Crippen molar-refractivity contribution >= 4 is 43.9 Å². The predicted octanol–water partition coefficient (Wildman–Crippen LogP) is 10.5. The fraction of sp³-hybridized carbons (Fsp3) is 0.0526. The summed E-state index contributed by atoms with van der Waals surface area (Å²) in [7, 11) is 0. The van der Waals surface area contributed by atoms with Crippen LogP contribution in [0, 0.1) is 0 Å². The van der Waals surface area contributed by atoms with E-state index in [9.17, 15) is 0 Å². The van der Waals surface area contributed by atoms with Gasteiger partial charge in [-0.05, 0) is 75.3 Å². The highest BCUT2D eigenvalue weighted by Gasteiger charge is 2.19. The third-order valence-corrected chi connectivity index (χ3v) is 8.45. The number of ether oxygens (including phenoxy) is 1. The van der Waals surface area contributed by atoms with Crippen molar-refractivity contribution in [3.63, 3.8) is 0 Å². The van der Waals surface area contributed by atoms with Gasteiger partial charge in [-0.15, -0.1) is 0 Å². The maximum absolute atomic E-state index is 6.34. The van der Waals surface area contributed by atoms with Gasteiger partial charge in [-0.3, -0.25) is 0 Å². The number of para-hydroxylation sites is 3. The average molecular weight is 529 g/mol. The van der Waals surface area contributed by atoms with Gasteiger partial charge in [0.25, 0.3) is 0 Å². The Balaban J connectivity index is 1.16. The molecule has 0 aliphatic carbocycles. The topological polar surface area (TPSA) is 35.5 Å². The summed E-state index contributed by atoms with van der Waals surface area (Å²) in [6.07, 6.45) is 0. The monoisotopic (exact) mass is 528 g/mol. The molecule has 0 fully saturated rings. The van der Waals surface area contributed by atoms with Crippen LogP contribution in [0.2, 0.25) is 0 Å². The molecule has 0 N–H and O–H groups in total. The molecule has 0 saturated heterocycles. The van der Waals surface area contributed by atoms with E-state index in [1.165, 1.54) is 22.3 Å². The minimum Gasteiger partial charge on any atom is -0.456 e. The van der Waals surface area contributed by atoms with Crippen LogP contribution in [0.4, 0.5) is 0 Å². The van der Waals surface area contributed by atoms with Crippen LogP contribution >= 0.6 is 0 Å². The van der Waals surface area contributed by atoms with Crippen LogP contribution in [-0.2, 0) is 18.0 Å². The Morgan fingerprint density at radius 2 is 1.07 bits per heavy atom. The van der Waals surface area contributed by atoms with Crippen molar-refractivity contribution in [1.29, 1.82) is 0 Å². The Morgan fingerprint density at radius 1 is 0.390 bits per heavy atom. The summed E-state index contributed by atoms with van der Waals surface area (Å²) in [6, 6.07) is 42.8. The number of fused-ring (bicyclic) bond motifs is 9. The van der Waals surface area contributed by atoms with Crippen LogP contribution in [0.5, 0.6) is 0 Å². The van der Waals surface area contributed by atoms with E-state index >= 15 is 0 Å². The first-order valence-corrected chi connectivity index (χ1v) is 14.0. The molecule has 8 aromatic rings. The second-order valence-corrected chi connectivity index (χ2v) is 10.8. The number of rotatable bonds is 2. The van der Waals surface area contributed by atoms with Gasteiger partial charge in [0.15, 0.2) is 0 Å². The summed E-state index contributed by atoms with van der Waals surface area (Å²) < 4.78 is 18.7. The molecule has 0 unspecified atom stereocenters. The van der Waals surface area contributed by atoms with Gasteiger partial charge < -0.3 is 13.6 Å². The predicted molar refractivity (Wildman–Crippen MR) is 166 cm³/mol. The van der Waals surface area contributed by atoms with Crippen molar-refractivity contribution in [2.24, 2.45) is 0 Å². The quantitative estimate of drug-likeness (QED) is 0.224. The highest BCUT2D eigenvalue weighted by molar-refractivity contribution is 6.09. The van der Waals surface area contributed by atoms with Crippen LogP contribution in [0.3, 0.4) is 0 Å². The highest BCUT2D eigenvalue weighted by atomic mass is 16.5. The van der Waals surface area contributed by atoms with Gasteiger partial charge in [0.05, 0.1) is 13.2 Å². The Kier molecular flexibility index (Phi) is 4.80. The molecule has 1 aliphatic rings. The molecule has 0 spiro atoms. The average Bonchev–Trinajstić information content (AvgIpc) is 3.53. The lowest BCUT2D eigenvalue weighted by atomic mass is 9.90. The van der Waals surface area contributed by atoms with Gasteiger partial charge in [-0.2, -0.15) is 0 Å². The summed E-state index contributed by atoms with van der Waals surface area (Å²) in [5.41, 5.74) is 13.0. The Hall–Kier alpha value is -5.12. The zero-order valence-electron chi connectivity index (χ0n) is 22.2. The van der Waals surface area contributed by atoms with E-state index in [2.05, 4.69) is 97.1 Å². The van der Waals surface area contributed by atoms with Crippen molar-refractivity contribution in [2.75, 3.05) is 0 Å². The van der Waals surface area contributed by atoms with Gasteiger partial charge in [0.2, 0.25) is 0 Å². The second kappa shape index (κ2) is 8.69. The Bertz CT molecular complexity index is 2300. The van der Waals surface area contributed by atoms with Crippen molar-refractivity contribution < 1.29 is 13.6 Å². The molecule has 9 rings (SSSR count). The number of furan rings is 2. The minimum absolute atomic E-state index is 0.564. The van der Waals surface area contributed by atoms with Crippen molar-refractivity contribution in [1.82, 2.24) is 0 Å². The summed E-state index contributed by atoms with van der Waals surface area (Å²) in [4.78, 5) is 0. The maximum atomic E-state index is 6.34. The van der Waals surface area contributed by atoms with Gasteiger partial charge >= 0.3 is 0 Å². The van der Waals surface area contributed by atoms with Gasteiger partial charge in [-0.25, -0.2) is 0 Å². The SMILES string of the molecule is c1ccc2c(c1)oc1cc(-c3ccc4c(c3)-c3ccc(-c5cccc6c5oc5ccccc56)cc3COC4)ccc12. The first-order chi connectivity index (χ1) is 20.3. The first kappa shape index (κ1) is 22.7. The van der Waals surface area contributed by atoms with Crippen LogP contribution < -0.4 is 0 Å². The highest BCUT2D eigenvalue weighted by Crippen LogP contribution is 2.40. The molecule has 6 aromatic carbocycles. The zero-order valence-corrected chi connectivity index (χ0v) is 22.2. The molecule has 3 heterocycles. The molecule has 0 radical (unpaired) electrons.